The third kappa shape index (κ3) is 5.88. The first-order valence-corrected chi connectivity index (χ1v) is 12.8. The smallest absolute Gasteiger partial charge is 0.228 e. The van der Waals surface area contributed by atoms with Gasteiger partial charge in [-0.05, 0) is 55.5 Å². The van der Waals surface area contributed by atoms with E-state index < -0.39 is 11.0 Å². The van der Waals surface area contributed by atoms with Crippen molar-refractivity contribution in [1.82, 2.24) is 10.2 Å². The van der Waals surface area contributed by atoms with Crippen LogP contribution in [0.15, 0.2) is 54.6 Å². The number of hydrogen-bond acceptors (Lipinski definition) is 5. The largest absolute Gasteiger partial charge is 0.489 e. The van der Waals surface area contributed by atoms with E-state index in [0.29, 0.717) is 51.1 Å². The lowest BCUT2D eigenvalue weighted by Crippen LogP contribution is -2.52. The van der Waals surface area contributed by atoms with Gasteiger partial charge >= 0.3 is 0 Å². The highest BCUT2D eigenvalue weighted by molar-refractivity contribution is 5.88. The maximum atomic E-state index is 13.6. The summed E-state index contributed by atoms with van der Waals surface area (Å²) in [5, 5.41) is 13.4. The molecule has 1 saturated carbocycles. The Kier molecular flexibility index (Phi) is 8.27. The van der Waals surface area contributed by atoms with Crippen LogP contribution in [0.5, 0.6) is 5.75 Å². The van der Waals surface area contributed by atoms with E-state index in [-0.39, 0.29) is 18.4 Å². The quantitative estimate of drug-likeness (QED) is 0.529. The molecule has 1 saturated heterocycles. The van der Waals surface area contributed by atoms with Crippen molar-refractivity contribution in [2.24, 2.45) is 11.1 Å². The molecule has 1 unspecified atom stereocenters. The molecule has 2 aliphatic rings. The second-order valence-electron chi connectivity index (χ2n) is 10.0. The number of nitrogens with one attached hydrogen (secondary N) is 1. The number of amides is 2. The summed E-state index contributed by atoms with van der Waals surface area (Å²) in [5.41, 5.74) is 6.13. The van der Waals surface area contributed by atoms with Gasteiger partial charge in [-0.25, -0.2) is 0 Å². The number of ether oxygens (including phenoxy) is 1. The molecular weight excluding hydrogens is 452 g/mol. The maximum Gasteiger partial charge on any atom is 0.228 e. The van der Waals surface area contributed by atoms with Crippen LogP contribution in [0.3, 0.4) is 0 Å². The van der Waals surface area contributed by atoms with Crippen LogP contribution in [-0.4, -0.2) is 35.3 Å². The molecule has 1 heterocycles. The number of nitrogens with two attached hydrogens (primary N) is 1. The fourth-order valence-electron chi connectivity index (χ4n) is 5.33. The van der Waals surface area contributed by atoms with Crippen LogP contribution in [0.2, 0.25) is 0 Å². The molecule has 2 aromatic rings. The number of carbonyl (C=O) groups excluding carboxylic acids is 2. The Morgan fingerprint density at radius 1 is 1.06 bits per heavy atom. The Morgan fingerprint density at radius 3 is 2.47 bits per heavy atom. The van der Waals surface area contributed by atoms with Crippen LogP contribution in [0.1, 0.15) is 56.1 Å². The predicted molar refractivity (Wildman–Crippen MR) is 137 cm³/mol. The monoisotopic (exact) mass is 487 g/mol. The highest BCUT2D eigenvalue weighted by atomic mass is 16.5. The minimum atomic E-state index is -0.944. The van der Waals surface area contributed by atoms with Crippen molar-refractivity contribution in [3.8, 4) is 11.8 Å². The van der Waals surface area contributed by atoms with Crippen LogP contribution in [0.4, 0.5) is 0 Å². The molecule has 1 radical (unpaired) electrons. The Morgan fingerprint density at radius 2 is 1.81 bits per heavy atom. The fraction of sp³-hybridized carbons (Fsp3) is 0.448. The standard InChI is InChI=1S/C29H35N4O3/c30-21-29(16-17-32-22-29)33(26(34)12-15-28(27(31)35)13-5-2-6-14-28)19-24-10-7-11-25(18-24)36-20-23-8-3-1-4-9-23/h1,3-4,7-12,18,32H,2,5-6,13-17,19-20,22H2,(H2,31,35). The molecule has 36 heavy (non-hydrogen) atoms. The average Bonchev–Trinajstić information content (AvgIpc) is 3.41. The minimum Gasteiger partial charge on any atom is -0.489 e. The van der Waals surface area contributed by atoms with Crippen molar-refractivity contribution in [1.29, 1.82) is 5.26 Å². The SMILES string of the molecule is N#CC1(N(Cc2cccc(OCc3ccccc3)c2)C(=O)[CH]CC2(C(N)=O)CCCCC2)CCNC1. The topological polar surface area (TPSA) is 108 Å². The van der Waals surface area contributed by atoms with Crippen molar-refractivity contribution in [3.05, 3.63) is 72.1 Å². The number of hydrogen-bond donors (Lipinski definition) is 2. The summed E-state index contributed by atoms with van der Waals surface area (Å²) in [6.07, 6.45) is 6.83. The third-order valence-electron chi connectivity index (χ3n) is 7.61. The summed E-state index contributed by atoms with van der Waals surface area (Å²) >= 11 is 0. The van der Waals surface area contributed by atoms with Gasteiger partial charge in [-0.15, -0.1) is 0 Å². The molecule has 3 N–H and O–H groups in total. The number of nitriles is 1. The highest BCUT2D eigenvalue weighted by Crippen LogP contribution is 2.40. The highest BCUT2D eigenvalue weighted by Gasteiger charge is 2.44. The summed E-state index contributed by atoms with van der Waals surface area (Å²) in [5.74, 6) is 0.138. The summed E-state index contributed by atoms with van der Waals surface area (Å²) in [6, 6.07) is 20.0. The molecule has 2 amide bonds. The van der Waals surface area contributed by atoms with Crippen LogP contribution in [0.25, 0.3) is 0 Å². The van der Waals surface area contributed by atoms with Gasteiger partial charge in [0.05, 0.1) is 12.5 Å². The number of rotatable bonds is 10. The normalized spacial score (nSPS) is 20.9. The van der Waals surface area contributed by atoms with Crippen LogP contribution >= 0.6 is 0 Å². The Bertz CT molecular complexity index is 1080. The molecule has 7 heteroatoms. The molecular formula is C29H35N4O3. The van der Waals surface area contributed by atoms with Crippen LogP contribution in [0, 0.1) is 23.2 Å². The van der Waals surface area contributed by atoms with E-state index in [9.17, 15) is 14.9 Å². The van der Waals surface area contributed by atoms with E-state index in [0.717, 1.165) is 30.4 Å². The summed E-state index contributed by atoms with van der Waals surface area (Å²) in [7, 11) is 0. The number of nitrogens with zero attached hydrogens (tertiary/aromatic N) is 2. The van der Waals surface area contributed by atoms with Gasteiger partial charge in [0.15, 0.2) is 0 Å². The molecule has 1 atom stereocenters. The van der Waals surface area contributed by atoms with Gasteiger partial charge in [-0.2, -0.15) is 5.26 Å². The van der Waals surface area contributed by atoms with Crippen molar-refractivity contribution in [2.45, 2.75) is 63.6 Å². The van der Waals surface area contributed by atoms with Crippen molar-refractivity contribution in [3.63, 3.8) is 0 Å². The molecule has 4 rings (SSSR count). The second-order valence-corrected chi connectivity index (χ2v) is 10.0. The van der Waals surface area contributed by atoms with E-state index in [1.54, 1.807) is 11.3 Å². The molecule has 1 aliphatic heterocycles. The van der Waals surface area contributed by atoms with Crippen LogP contribution < -0.4 is 15.8 Å². The Labute approximate surface area is 213 Å². The first-order chi connectivity index (χ1) is 17.5. The molecule has 0 bridgehead atoms. The van der Waals surface area contributed by atoms with Gasteiger partial charge in [0.1, 0.15) is 17.9 Å². The van der Waals surface area contributed by atoms with Crippen LogP contribution in [-0.2, 0) is 22.7 Å². The lowest BCUT2D eigenvalue weighted by Gasteiger charge is -2.38. The van der Waals surface area contributed by atoms with Gasteiger partial charge < -0.3 is 20.7 Å². The molecule has 2 aromatic carbocycles. The van der Waals surface area contributed by atoms with E-state index in [1.165, 1.54) is 0 Å². The number of carbonyl (C=O) groups is 2. The number of primary amides is 1. The van der Waals surface area contributed by atoms with Crippen molar-refractivity contribution >= 4 is 11.8 Å². The molecule has 0 aromatic heterocycles. The molecule has 7 nitrogen and oxygen atoms in total. The Hall–Kier alpha value is -3.37. The van der Waals surface area contributed by atoms with Gasteiger partial charge in [-0.3, -0.25) is 9.59 Å². The van der Waals surface area contributed by atoms with Gasteiger partial charge in [-0.1, -0.05) is 61.7 Å². The molecule has 1 aliphatic carbocycles. The van der Waals surface area contributed by atoms with E-state index in [4.69, 9.17) is 10.5 Å². The van der Waals surface area contributed by atoms with Gasteiger partial charge in [0.2, 0.25) is 11.8 Å². The predicted octanol–water partition coefficient (Wildman–Crippen LogP) is 3.88. The molecule has 0 spiro atoms. The number of benzene rings is 2. The first-order valence-electron chi connectivity index (χ1n) is 12.8. The zero-order valence-electron chi connectivity index (χ0n) is 20.7. The summed E-state index contributed by atoms with van der Waals surface area (Å²) in [4.78, 5) is 27.6. The van der Waals surface area contributed by atoms with Crippen molar-refractivity contribution in [2.75, 3.05) is 13.1 Å². The second kappa shape index (κ2) is 11.6. The van der Waals surface area contributed by atoms with E-state index >= 15 is 0 Å². The Balaban J connectivity index is 1.50. The molecule has 2 fully saturated rings. The maximum absolute atomic E-state index is 13.6. The minimum absolute atomic E-state index is 0.234. The lowest BCUT2D eigenvalue weighted by molar-refractivity contribution is -0.134. The van der Waals surface area contributed by atoms with Gasteiger partial charge in [0.25, 0.3) is 0 Å². The van der Waals surface area contributed by atoms with E-state index in [1.807, 2.05) is 54.6 Å². The summed E-state index contributed by atoms with van der Waals surface area (Å²) in [6.45, 7) is 1.80. The molecule has 189 valence electrons. The lowest BCUT2D eigenvalue weighted by atomic mass is 9.70. The zero-order valence-corrected chi connectivity index (χ0v) is 20.7. The average molecular weight is 488 g/mol. The van der Waals surface area contributed by atoms with Gasteiger partial charge in [0, 0.05) is 18.5 Å². The van der Waals surface area contributed by atoms with E-state index in [2.05, 4.69) is 11.4 Å². The first kappa shape index (κ1) is 25.7. The zero-order chi connectivity index (χ0) is 25.4. The third-order valence-corrected chi connectivity index (χ3v) is 7.61. The van der Waals surface area contributed by atoms with Crippen molar-refractivity contribution < 1.29 is 14.3 Å². The fourth-order valence-corrected chi connectivity index (χ4v) is 5.33. The summed E-state index contributed by atoms with van der Waals surface area (Å²) < 4.78 is 5.98.